The summed E-state index contributed by atoms with van der Waals surface area (Å²) in [4.78, 5) is 48.5. The van der Waals surface area contributed by atoms with Crippen molar-refractivity contribution in [3.8, 4) is 0 Å². The molecule has 392 valence electrons. The van der Waals surface area contributed by atoms with E-state index in [4.69, 9.17) is 29.4 Å². The topological polar surface area (TPSA) is 512 Å². The van der Waals surface area contributed by atoms with Crippen molar-refractivity contribution in [1.82, 2.24) is 21.3 Å². The predicted octanol–water partition coefficient (Wildman–Crippen LogP) is -7.29. The number of ether oxygens (including phenoxy) is 5. The Bertz CT molecular complexity index is 1780. The molecule has 0 spiro atoms. The smallest absolute Gasteiger partial charge is 0.221 e. The molecule has 1 aliphatic rings. The molecule has 0 aromatic rings. The third kappa shape index (κ3) is 18.7. The lowest BCUT2D eigenvalue weighted by Gasteiger charge is -2.41. The van der Waals surface area contributed by atoms with E-state index in [2.05, 4.69) is 5.32 Å². The first kappa shape index (κ1) is 61.3. The van der Waals surface area contributed by atoms with Crippen LogP contribution in [0.25, 0.3) is 0 Å². The largest absolute Gasteiger partial charge is 0.507 e. The van der Waals surface area contributed by atoms with Crippen molar-refractivity contribution in [2.45, 2.75) is 134 Å². The standard InChI is InChI=1S/C38H65N5O25/c1-14(49)40-24(34(59)60)28(53)18(5-9-44)64-35(61)25(41-15(2)50)29(54)19(6-10-45)65-36(62)26(42-16(3)51)30(55)20(7-11-46)66-37(63)27(43-17(4)52)31(56)21(8-12-47)67-38-23(39)33(58)32(57)22(13-48)68-38/h18-23,32-38,44-48,53-63H,5-13,39H2,1-4H3,(H,40,49)(H,41,50)(H,42,51)(H,43,52)/b28-24-,29-25-,30-26-,31-27-. The van der Waals surface area contributed by atoms with E-state index in [1.165, 1.54) is 0 Å². The van der Waals surface area contributed by atoms with Crippen molar-refractivity contribution in [3.05, 3.63) is 45.8 Å². The first-order chi connectivity index (χ1) is 31.8. The summed E-state index contributed by atoms with van der Waals surface area (Å²) in [6, 6.07) is -1.53. The summed E-state index contributed by atoms with van der Waals surface area (Å²) in [5.41, 5.74) is 1.94. The Morgan fingerprint density at radius 2 is 0.809 bits per heavy atom. The minimum absolute atomic E-state index is 0.544. The number of nitrogens with two attached hydrogens (primary N) is 1. The van der Waals surface area contributed by atoms with Gasteiger partial charge in [0, 0.05) is 79.8 Å². The zero-order valence-electron chi connectivity index (χ0n) is 37.3. The zero-order valence-corrected chi connectivity index (χ0v) is 37.3. The molecule has 1 aliphatic heterocycles. The average Bonchev–Trinajstić information content (AvgIpc) is 3.26. The van der Waals surface area contributed by atoms with Crippen LogP contribution >= 0.6 is 0 Å². The maximum atomic E-state index is 12.4. The molecule has 0 aromatic heterocycles. The number of hydrogen-bond acceptors (Lipinski definition) is 26. The molecule has 1 saturated heterocycles. The molecule has 68 heavy (non-hydrogen) atoms. The molecule has 4 amide bonds. The van der Waals surface area contributed by atoms with Crippen molar-refractivity contribution in [1.29, 1.82) is 0 Å². The highest BCUT2D eigenvalue weighted by Crippen LogP contribution is 2.28. The van der Waals surface area contributed by atoms with Crippen LogP contribution < -0.4 is 27.0 Å². The minimum Gasteiger partial charge on any atom is -0.507 e. The van der Waals surface area contributed by atoms with Gasteiger partial charge in [-0.2, -0.15) is 0 Å². The van der Waals surface area contributed by atoms with Crippen LogP contribution in [0.3, 0.4) is 0 Å². The SMILES string of the molecule is CC(=O)N/C(=C(\O)C(CCO)OC(O)/C(NC(C)=O)=C(/O)C(CCO)OC(O)/C(NC(C)=O)=C(/O)C(CCO)OC(O)/C(NC(C)=O)=C(/O)C(CCO)OC1OC(CO)C(O)C(O)C1N)C(O)O. The second kappa shape index (κ2) is 30.0. The molecule has 1 heterocycles. The molecule has 30 nitrogen and oxygen atoms in total. The molecule has 0 aromatic carbocycles. The van der Waals surface area contributed by atoms with Gasteiger partial charge < -0.3 is 132 Å². The summed E-state index contributed by atoms with van der Waals surface area (Å²) in [6.07, 6.45) is -27.4. The number of aliphatic hydroxyl groups excluding tert-OH is 15. The van der Waals surface area contributed by atoms with Gasteiger partial charge in [0.2, 0.25) is 42.5 Å². The van der Waals surface area contributed by atoms with Gasteiger partial charge in [-0.15, -0.1) is 0 Å². The van der Waals surface area contributed by atoms with E-state index in [9.17, 15) is 101 Å². The zero-order chi connectivity index (χ0) is 52.2. The lowest BCUT2D eigenvalue weighted by atomic mass is 9.97. The number of nitrogens with one attached hydrogen (secondary N) is 4. The van der Waals surface area contributed by atoms with Gasteiger partial charge in [-0.05, 0) is 0 Å². The quantitative estimate of drug-likeness (QED) is 0.0244. The molecule has 0 bridgehead atoms. The Balaban J connectivity index is 3.85. The molecule has 30 heteroatoms. The van der Waals surface area contributed by atoms with Crippen LogP contribution in [0.1, 0.15) is 53.4 Å². The lowest BCUT2D eigenvalue weighted by molar-refractivity contribution is -0.277. The van der Waals surface area contributed by atoms with Crippen molar-refractivity contribution in [2.24, 2.45) is 5.73 Å². The van der Waals surface area contributed by atoms with E-state index in [0.29, 0.717) is 0 Å². The molecule has 0 aliphatic carbocycles. The summed E-state index contributed by atoms with van der Waals surface area (Å²) in [5, 5.41) is 175. The fraction of sp³-hybridized carbons (Fsp3) is 0.684. The van der Waals surface area contributed by atoms with Crippen LogP contribution in [0.4, 0.5) is 0 Å². The Kier molecular flexibility index (Phi) is 27.1. The number of carbonyl (C=O) groups is 4. The van der Waals surface area contributed by atoms with Crippen LogP contribution in [0, 0.1) is 0 Å². The first-order valence-corrected chi connectivity index (χ1v) is 20.5. The van der Waals surface area contributed by atoms with Gasteiger partial charge in [-0.25, -0.2) is 0 Å². The highest BCUT2D eigenvalue weighted by atomic mass is 16.7. The van der Waals surface area contributed by atoms with Crippen molar-refractivity contribution < 1.29 is 125 Å². The third-order valence-corrected chi connectivity index (χ3v) is 9.24. The number of amides is 4. The molecule has 0 radical (unpaired) electrons. The number of carbonyl (C=O) groups excluding carboxylic acids is 4. The van der Waals surface area contributed by atoms with Gasteiger partial charge in [0.25, 0.3) is 0 Å². The van der Waals surface area contributed by atoms with Gasteiger partial charge in [-0.1, -0.05) is 0 Å². The molecule has 12 unspecified atom stereocenters. The van der Waals surface area contributed by atoms with E-state index < -0.39 is 208 Å². The minimum atomic E-state index is -2.64. The lowest BCUT2D eigenvalue weighted by Crippen LogP contribution is -2.63. The van der Waals surface area contributed by atoms with Crippen molar-refractivity contribution in [3.63, 3.8) is 0 Å². The monoisotopic (exact) mass is 991 g/mol. The summed E-state index contributed by atoms with van der Waals surface area (Å²) in [5.74, 6) is -8.72. The van der Waals surface area contributed by atoms with Crippen molar-refractivity contribution >= 4 is 23.6 Å². The van der Waals surface area contributed by atoms with Crippen LogP contribution in [-0.4, -0.2) is 219 Å². The molecular weight excluding hydrogens is 926 g/mol. The van der Waals surface area contributed by atoms with Gasteiger partial charge in [-0.3, -0.25) is 19.2 Å². The van der Waals surface area contributed by atoms with Crippen LogP contribution in [-0.2, 0) is 42.9 Å². The van der Waals surface area contributed by atoms with Gasteiger partial charge in [0.1, 0.15) is 88.6 Å². The van der Waals surface area contributed by atoms with Gasteiger partial charge >= 0.3 is 0 Å². The summed E-state index contributed by atoms with van der Waals surface area (Å²) in [7, 11) is 0. The maximum absolute atomic E-state index is 12.4. The fourth-order valence-electron chi connectivity index (χ4n) is 6.07. The maximum Gasteiger partial charge on any atom is 0.221 e. The van der Waals surface area contributed by atoms with Crippen LogP contribution in [0.5, 0.6) is 0 Å². The second-order valence-corrected chi connectivity index (χ2v) is 14.7. The molecule has 1 rings (SSSR count). The van der Waals surface area contributed by atoms with E-state index in [0.717, 1.165) is 27.7 Å². The molecular formula is C38H65N5O25. The van der Waals surface area contributed by atoms with E-state index >= 15 is 0 Å². The van der Waals surface area contributed by atoms with Crippen molar-refractivity contribution in [2.75, 3.05) is 33.0 Å². The number of aliphatic hydroxyl groups is 16. The Morgan fingerprint density at radius 3 is 1.10 bits per heavy atom. The van der Waals surface area contributed by atoms with E-state index in [-0.39, 0.29) is 0 Å². The summed E-state index contributed by atoms with van der Waals surface area (Å²) >= 11 is 0. The molecule has 12 atom stereocenters. The predicted molar refractivity (Wildman–Crippen MR) is 222 cm³/mol. The Morgan fingerprint density at radius 1 is 0.515 bits per heavy atom. The highest BCUT2D eigenvalue weighted by Gasteiger charge is 2.45. The van der Waals surface area contributed by atoms with Crippen LogP contribution in [0.15, 0.2) is 45.8 Å². The van der Waals surface area contributed by atoms with E-state index in [1.807, 2.05) is 16.0 Å². The second-order valence-electron chi connectivity index (χ2n) is 14.7. The molecule has 1 fully saturated rings. The van der Waals surface area contributed by atoms with E-state index in [1.54, 1.807) is 0 Å². The Hall–Kier alpha value is -4.68. The van der Waals surface area contributed by atoms with Gasteiger partial charge in [0.15, 0.2) is 12.6 Å². The Labute approximate surface area is 387 Å². The third-order valence-electron chi connectivity index (χ3n) is 9.24. The molecule has 0 saturated carbocycles. The van der Waals surface area contributed by atoms with Crippen LogP contribution in [0.2, 0.25) is 0 Å². The summed E-state index contributed by atoms with van der Waals surface area (Å²) in [6.45, 7) is -0.634. The first-order valence-electron chi connectivity index (χ1n) is 20.5. The normalized spacial score (nSPS) is 23.3. The van der Waals surface area contributed by atoms with Gasteiger partial charge in [0.05, 0.1) is 12.6 Å². The number of hydrogen-bond donors (Lipinski definition) is 21. The highest BCUT2D eigenvalue weighted by molar-refractivity contribution is 5.76. The fourth-order valence-corrected chi connectivity index (χ4v) is 6.07. The average molecular weight is 992 g/mol. The number of rotatable bonds is 29. The summed E-state index contributed by atoms with van der Waals surface area (Å²) < 4.78 is 27.2. The molecule has 22 N–H and O–H groups in total.